The number of hydrogen-bond acceptors (Lipinski definition) is 0. The summed E-state index contributed by atoms with van der Waals surface area (Å²) in [6.45, 7) is 8.32. The molecule has 1 N–H and O–H groups in total. The highest BCUT2D eigenvalue weighted by atomic mass is 15.1. The minimum Gasteiger partial charge on any atom is -0.335 e. The molecule has 2 aromatic rings. The molecule has 1 atom stereocenters. The van der Waals surface area contributed by atoms with Gasteiger partial charge in [-0.25, -0.2) is 0 Å². The highest BCUT2D eigenvalue weighted by Gasteiger charge is 2.16. The molecule has 1 nitrogen and oxygen atoms in total. The van der Waals surface area contributed by atoms with Crippen molar-refractivity contribution in [3.8, 4) is 0 Å². The van der Waals surface area contributed by atoms with E-state index in [1.165, 1.54) is 56.4 Å². The zero-order valence-electron chi connectivity index (χ0n) is 14.8. The minimum atomic E-state index is 0.696. The summed E-state index contributed by atoms with van der Waals surface area (Å²) in [6.07, 6.45) is 5.12. The Bertz CT molecular complexity index is 516. The molecule has 0 radical (unpaired) electrons. The Labute approximate surface area is 142 Å². The SMILES string of the molecule is CC[NH+](CC)CC(CCCCc1ccccc1)c1ccccc1. The number of benzene rings is 2. The Morgan fingerprint density at radius 1 is 0.783 bits per heavy atom. The van der Waals surface area contributed by atoms with Gasteiger partial charge in [-0.1, -0.05) is 67.1 Å². The Morgan fingerprint density at radius 2 is 1.39 bits per heavy atom. The van der Waals surface area contributed by atoms with Crippen LogP contribution in [0.15, 0.2) is 60.7 Å². The van der Waals surface area contributed by atoms with Crippen LogP contribution in [-0.4, -0.2) is 19.6 Å². The molecule has 0 amide bonds. The number of aryl methyl sites for hydroxylation is 1. The Morgan fingerprint density at radius 3 is 2.00 bits per heavy atom. The fourth-order valence-electron chi connectivity index (χ4n) is 3.36. The lowest BCUT2D eigenvalue weighted by atomic mass is 9.92. The van der Waals surface area contributed by atoms with Crippen molar-refractivity contribution in [3.63, 3.8) is 0 Å². The second-order valence-corrected chi connectivity index (χ2v) is 6.50. The number of rotatable bonds is 10. The van der Waals surface area contributed by atoms with E-state index in [0.29, 0.717) is 5.92 Å². The molecule has 0 aliphatic rings. The van der Waals surface area contributed by atoms with Crippen LogP contribution < -0.4 is 4.90 Å². The maximum absolute atomic E-state index is 2.31. The molecule has 23 heavy (non-hydrogen) atoms. The summed E-state index contributed by atoms with van der Waals surface area (Å²) >= 11 is 0. The van der Waals surface area contributed by atoms with Crippen molar-refractivity contribution in [2.24, 2.45) is 0 Å². The minimum absolute atomic E-state index is 0.696. The van der Waals surface area contributed by atoms with Crippen molar-refractivity contribution in [3.05, 3.63) is 71.8 Å². The average molecular weight is 311 g/mol. The first kappa shape index (κ1) is 17.7. The molecular formula is C22H32N+. The monoisotopic (exact) mass is 310 g/mol. The summed E-state index contributed by atoms with van der Waals surface area (Å²) in [7, 11) is 0. The molecule has 0 fully saturated rings. The molecule has 1 unspecified atom stereocenters. The van der Waals surface area contributed by atoms with Gasteiger partial charge in [0.25, 0.3) is 0 Å². The molecule has 0 saturated carbocycles. The van der Waals surface area contributed by atoms with Crippen LogP contribution in [-0.2, 0) is 6.42 Å². The largest absolute Gasteiger partial charge is 0.335 e. The lowest BCUT2D eigenvalue weighted by molar-refractivity contribution is -0.897. The summed E-state index contributed by atoms with van der Waals surface area (Å²) in [5, 5.41) is 0. The third kappa shape index (κ3) is 6.19. The summed E-state index contributed by atoms with van der Waals surface area (Å²) < 4.78 is 0. The number of hydrogen-bond donors (Lipinski definition) is 1. The van der Waals surface area contributed by atoms with Gasteiger partial charge in [-0.3, -0.25) is 0 Å². The van der Waals surface area contributed by atoms with Gasteiger partial charge < -0.3 is 4.90 Å². The van der Waals surface area contributed by atoms with E-state index < -0.39 is 0 Å². The smallest absolute Gasteiger partial charge is 0.0840 e. The fraction of sp³-hybridized carbons (Fsp3) is 0.455. The van der Waals surface area contributed by atoms with Gasteiger partial charge in [0.1, 0.15) is 0 Å². The molecule has 0 aliphatic heterocycles. The Kier molecular flexibility index (Phi) is 7.89. The van der Waals surface area contributed by atoms with Crippen molar-refractivity contribution in [1.82, 2.24) is 0 Å². The van der Waals surface area contributed by atoms with E-state index in [4.69, 9.17) is 0 Å². The summed E-state index contributed by atoms with van der Waals surface area (Å²) in [6, 6.07) is 22.0. The van der Waals surface area contributed by atoms with Crippen molar-refractivity contribution in [1.29, 1.82) is 0 Å². The van der Waals surface area contributed by atoms with Gasteiger partial charge in [0.05, 0.1) is 19.6 Å². The van der Waals surface area contributed by atoms with Gasteiger partial charge in [-0.05, 0) is 44.2 Å². The third-order valence-electron chi connectivity index (χ3n) is 4.92. The predicted octanol–water partition coefficient (Wildman–Crippen LogP) is 4.11. The van der Waals surface area contributed by atoms with Crippen LogP contribution in [0.2, 0.25) is 0 Å². The summed E-state index contributed by atoms with van der Waals surface area (Å²) in [5.74, 6) is 0.696. The highest BCUT2D eigenvalue weighted by molar-refractivity contribution is 5.19. The average Bonchev–Trinajstić information content (AvgIpc) is 2.63. The second-order valence-electron chi connectivity index (χ2n) is 6.50. The van der Waals surface area contributed by atoms with Gasteiger partial charge in [0, 0.05) is 5.92 Å². The molecule has 1 heteroatoms. The predicted molar refractivity (Wildman–Crippen MR) is 100 cm³/mol. The van der Waals surface area contributed by atoms with E-state index in [-0.39, 0.29) is 0 Å². The van der Waals surface area contributed by atoms with Gasteiger partial charge in [0.15, 0.2) is 0 Å². The second kappa shape index (κ2) is 10.2. The normalized spacial score (nSPS) is 12.5. The van der Waals surface area contributed by atoms with E-state index in [0.717, 1.165) is 0 Å². The first-order valence-electron chi connectivity index (χ1n) is 9.25. The van der Waals surface area contributed by atoms with Crippen LogP contribution in [0.5, 0.6) is 0 Å². The fourth-order valence-corrected chi connectivity index (χ4v) is 3.36. The van der Waals surface area contributed by atoms with Crippen molar-refractivity contribution >= 4 is 0 Å². The van der Waals surface area contributed by atoms with Crippen molar-refractivity contribution in [2.45, 2.75) is 45.4 Å². The zero-order chi connectivity index (χ0) is 16.3. The van der Waals surface area contributed by atoms with Crippen LogP contribution in [0, 0.1) is 0 Å². The molecule has 0 heterocycles. The quantitative estimate of drug-likeness (QED) is 0.630. The lowest BCUT2D eigenvalue weighted by Gasteiger charge is -2.23. The summed E-state index contributed by atoms with van der Waals surface area (Å²) in [4.78, 5) is 1.71. The van der Waals surface area contributed by atoms with Crippen molar-refractivity contribution < 1.29 is 4.90 Å². The molecule has 0 spiro atoms. The van der Waals surface area contributed by atoms with Crippen LogP contribution >= 0.6 is 0 Å². The van der Waals surface area contributed by atoms with Crippen LogP contribution in [0.1, 0.15) is 50.2 Å². The first-order chi connectivity index (χ1) is 11.3. The maximum Gasteiger partial charge on any atom is 0.0840 e. The highest BCUT2D eigenvalue weighted by Crippen LogP contribution is 2.21. The molecule has 0 bridgehead atoms. The number of nitrogens with one attached hydrogen (secondary N) is 1. The lowest BCUT2D eigenvalue weighted by Crippen LogP contribution is -3.11. The summed E-state index contributed by atoms with van der Waals surface area (Å²) in [5.41, 5.74) is 2.99. The van der Waals surface area contributed by atoms with Gasteiger partial charge in [0.2, 0.25) is 0 Å². The molecule has 0 aliphatic carbocycles. The molecular weight excluding hydrogens is 278 g/mol. The molecule has 124 valence electrons. The molecule has 2 aromatic carbocycles. The number of likely N-dealkylation sites (N-methyl/N-ethyl adjacent to an activating group) is 1. The first-order valence-corrected chi connectivity index (χ1v) is 9.25. The van der Waals surface area contributed by atoms with Gasteiger partial charge in [-0.2, -0.15) is 0 Å². The van der Waals surface area contributed by atoms with Gasteiger partial charge in [-0.15, -0.1) is 0 Å². The Hall–Kier alpha value is -1.60. The Balaban J connectivity index is 1.87. The molecule has 0 saturated heterocycles. The van der Waals surface area contributed by atoms with E-state index in [1.54, 1.807) is 4.90 Å². The van der Waals surface area contributed by atoms with E-state index in [9.17, 15) is 0 Å². The maximum atomic E-state index is 2.31. The molecule has 0 aromatic heterocycles. The molecule has 2 rings (SSSR count). The van der Waals surface area contributed by atoms with E-state index >= 15 is 0 Å². The van der Waals surface area contributed by atoms with Crippen LogP contribution in [0.3, 0.4) is 0 Å². The van der Waals surface area contributed by atoms with Crippen LogP contribution in [0.4, 0.5) is 0 Å². The van der Waals surface area contributed by atoms with E-state index in [1.807, 2.05) is 0 Å². The standard InChI is InChI=1S/C22H31N/c1-3-23(4-2)19-22(21-16-9-6-10-17-21)18-12-11-15-20-13-7-5-8-14-20/h5-10,13-14,16-17,22H,3-4,11-12,15,18-19H2,1-2H3/p+1. The van der Waals surface area contributed by atoms with Crippen molar-refractivity contribution in [2.75, 3.05) is 19.6 Å². The zero-order valence-corrected chi connectivity index (χ0v) is 14.8. The van der Waals surface area contributed by atoms with Gasteiger partial charge >= 0.3 is 0 Å². The van der Waals surface area contributed by atoms with Crippen LogP contribution in [0.25, 0.3) is 0 Å². The topological polar surface area (TPSA) is 4.44 Å². The third-order valence-corrected chi connectivity index (χ3v) is 4.92. The van der Waals surface area contributed by atoms with E-state index in [2.05, 4.69) is 74.5 Å². The number of quaternary nitrogens is 1. The number of unbranched alkanes of at least 4 members (excludes halogenated alkanes) is 1.